The second-order valence-corrected chi connectivity index (χ2v) is 4.98. The number of carbonyl (C=O) groups is 1. The SMILES string of the molecule is CCc1cc2c(cc1C(=O)CCN(C)C)OCCO2.[Cl-]. The van der Waals surface area contributed by atoms with Gasteiger partial charge in [-0.15, -0.1) is 0 Å². The maximum absolute atomic E-state index is 12.3. The lowest BCUT2D eigenvalue weighted by atomic mass is 9.98. The summed E-state index contributed by atoms with van der Waals surface area (Å²) in [5, 5.41) is 0. The Morgan fingerprint density at radius 1 is 1.20 bits per heavy atom. The minimum atomic E-state index is 0. The van der Waals surface area contributed by atoms with Crippen LogP contribution in [-0.4, -0.2) is 44.5 Å². The van der Waals surface area contributed by atoms with E-state index in [0.29, 0.717) is 25.4 Å². The Labute approximate surface area is 126 Å². The summed E-state index contributed by atoms with van der Waals surface area (Å²) in [6.07, 6.45) is 1.35. The molecule has 0 saturated carbocycles. The van der Waals surface area contributed by atoms with Crippen molar-refractivity contribution in [1.82, 2.24) is 4.90 Å². The number of hydrogen-bond acceptors (Lipinski definition) is 4. The van der Waals surface area contributed by atoms with Crippen LogP contribution >= 0.6 is 0 Å². The van der Waals surface area contributed by atoms with Gasteiger partial charge in [0.25, 0.3) is 0 Å². The maximum atomic E-state index is 12.3. The molecule has 1 aliphatic rings. The molecular weight excluding hydrogens is 278 g/mol. The van der Waals surface area contributed by atoms with E-state index in [2.05, 4.69) is 0 Å². The Hall–Kier alpha value is -1.26. The molecule has 0 atom stereocenters. The minimum absolute atomic E-state index is 0. The van der Waals surface area contributed by atoms with Gasteiger partial charge in [0.15, 0.2) is 17.3 Å². The Morgan fingerprint density at radius 3 is 2.35 bits per heavy atom. The lowest BCUT2D eigenvalue weighted by Crippen LogP contribution is -3.00. The van der Waals surface area contributed by atoms with E-state index in [1.165, 1.54) is 0 Å². The molecule has 112 valence electrons. The number of nitrogens with zero attached hydrogens (tertiary/aromatic N) is 1. The third-order valence-electron chi connectivity index (χ3n) is 3.24. The highest BCUT2D eigenvalue weighted by molar-refractivity contribution is 5.98. The Balaban J connectivity index is 0.00000200. The average molecular weight is 299 g/mol. The summed E-state index contributed by atoms with van der Waals surface area (Å²) >= 11 is 0. The second kappa shape index (κ2) is 7.50. The van der Waals surface area contributed by atoms with Gasteiger partial charge in [0.1, 0.15) is 13.2 Å². The largest absolute Gasteiger partial charge is 1.00 e. The van der Waals surface area contributed by atoms with Crippen molar-refractivity contribution < 1.29 is 26.7 Å². The average Bonchev–Trinajstić information content (AvgIpc) is 2.43. The Kier molecular flexibility index (Phi) is 6.30. The Morgan fingerprint density at radius 2 is 1.80 bits per heavy atom. The molecule has 1 heterocycles. The van der Waals surface area contributed by atoms with Crippen LogP contribution in [0.25, 0.3) is 0 Å². The van der Waals surface area contributed by atoms with Crippen molar-refractivity contribution in [2.45, 2.75) is 19.8 Å². The van der Waals surface area contributed by atoms with Crippen molar-refractivity contribution in [3.05, 3.63) is 23.3 Å². The number of carbonyl (C=O) groups excluding carboxylic acids is 1. The number of halogens is 1. The van der Waals surface area contributed by atoms with Gasteiger partial charge in [-0.3, -0.25) is 4.79 Å². The van der Waals surface area contributed by atoms with Crippen LogP contribution < -0.4 is 21.9 Å². The summed E-state index contributed by atoms with van der Waals surface area (Å²) in [5.41, 5.74) is 1.81. The minimum Gasteiger partial charge on any atom is -1.00 e. The highest BCUT2D eigenvalue weighted by atomic mass is 35.5. The zero-order chi connectivity index (χ0) is 13.8. The first-order valence-electron chi connectivity index (χ1n) is 6.72. The van der Waals surface area contributed by atoms with Gasteiger partial charge >= 0.3 is 0 Å². The normalized spacial score (nSPS) is 13.0. The van der Waals surface area contributed by atoms with Gasteiger partial charge in [-0.05, 0) is 38.2 Å². The van der Waals surface area contributed by atoms with Gasteiger partial charge in [0, 0.05) is 18.5 Å². The third kappa shape index (κ3) is 3.87. The van der Waals surface area contributed by atoms with E-state index in [4.69, 9.17) is 9.47 Å². The van der Waals surface area contributed by atoms with Crippen molar-refractivity contribution in [3.63, 3.8) is 0 Å². The smallest absolute Gasteiger partial charge is 0.164 e. The van der Waals surface area contributed by atoms with E-state index in [1.54, 1.807) is 0 Å². The molecule has 20 heavy (non-hydrogen) atoms. The van der Waals surface area contributed by atoms with Crippen molar-refractivity contribution in [1.29, 1.82) is 0 Å². The van der Waals surface area contributed by atoms with Gasteiger partial charge in [-0.2, -0.15) is 0 Å². The number of benzene rings is 1. The molecule has 0 fully saturated rings. The predicted molar refractivity (Wildman–Crippen MR) is 74.3 cm³/mol. The molecule has 0 aromatic heterocycles. The molecule has 0 spiro atoms. The first kappa shape index (κ1) is 16.8. The fourth-order valence-electron chi connectivity index (χ4n) is 2.14. The van der Waals surface area contributed by atoms with Crippen LogP contribution in [0.1, 0.15) is 29.3 Å². The molecule has 0 amide bonds. The van der Waals surface area contributed by atoms with Crippen LogP contribution in [0.15, 0.2) is 12.1 Å². The molecule has 4 nitrogen and oxygen atoms in total. The zero-order valence-electron chi connectivity index (χ0n) is 12.2. The van der Waals surface area contributed by atoms with E-state index in [9.17, 15) is 4.79 Å². The van der Waals surface area contributed by atoms with Gasteiger partial charge in [0.2, 0.25) is 0 Å². The van der Waals surface area contributed by atoms with E-state index in [-0.39, 0.29) is 18.2 Å². The molecule has 0 radical (unpaired) electrons. The molecule has 1 aromatic carbocycles. The topological polar surface area (TPSA) is 38.8 Å². The summed E-state index contributed by atoms with van der Waals surface area (Å²) in [5.74, 6) is 1.62. The third-order valence-corrected chi connectivity index (χ3v) is 3.24. The molecule has 5 heteroatoms. The van der Waals surface area contributed by atoms with Crippen molar-refractivity contribution in [3.8, 4) is 11.5 Å². The number of ether oxygens (including phenoxy) is 2. The van der Waals surface area contributed by atoms with Crippen molar-refractivity contribution >= 4 is 5.78 Å². The lowest BCUT2D eigenvalue weighted by Gasteiger charge is -2.20. The van der Waals surface area contributed by atoms with E-state index >= 15 is 0 Å². The van der Waals surface area contributed by atoms with Crippen LogP contribution in [-0.2, 0) is 6.42 Å². The van der Waals surface area contributed by atoms with Crippen LogP contribution in [0.5, 0.6) is 11.5 Å². The fourth-order valence-corrected chi connectivity index (χ4v) is 2.14. The van der Waals surface area contributed by atoms with Gasteiger partial charge in [-0.25, -0.2) is 0 Å². The number of ketones is 1. The summed E-state index contributed by atoms with van der Waals surface area (Å²) in [4.78, 5) is 14.3. The Bertz CT molecular complexity index is 474. The summed E-state index contributed by atoms with van der Waals surface area (Å²) in [6.45, 7) is 3.93. The molecule has 0 N–H and O–H groups in total. The molecule has 0 aliphatic carbocycles. The van der Waals surface area contributed by atoms with Crippen LogP contribution in [0, 0.1) is 0 Å². The predicted octanol–water partition coefficient (Wildman–Crippen LogP) is -0.841. The molecule has 1 aromatic rings. The van der Waals surface area contributed by atoms with E-state index in [0.717, 1.165) is 29.8 Å². The quantitative estimate of drug-likeness (QED) is 0.665. The van der Waals surface area contributed by atoms with Crippen LogP contribution in [0.2, 0.25) is 0 Å². The molecule has 2 rings (SSSR count). The number of Topliss-reactive ketones (excluding diaryl/α,β-unsaturated/α-hetero) is 1. The van der Waals surface area contributed by atoms with Gasteiger partial charge < -0.3 is 26.8 Å². The van der Waals surface area contributed by atoms with Gasteiger partial charge in [0.05, 0.1) is 0 Å². The fraction of sp³-hybridized carbons (Fsp3) is 0.533. The molecule has 0 saturated heterocycles. The molecule has 0 unspecified atom stereocenters. The first-order chi connectivity index (χ1) is 9.11. The summed E-state index contributed by atoms with van der Waals surface area (Å²) in [6, 6.07) is 3.78. The zero-order valence-corrected chi connectivity index (χ0v) is 13.0. The summed E-state index contributed by atoms with van der Waals surface area (Å²) < 4.78 is 11.1. The van der Waals surface area contributed by atoms with Crippen LogP contribution in [0.4, 0.5) is 0 Å². The highest BCUT2D eigenvalue weighted by Gasteiger charge is 2.18. The summed E-state index contributed by atoms with van der Waals surface area (Å²) in [7, 11) is 3.94. The first-order valence-corrected chi connectivity index (χ1v) is 6.72. The van der Waals surface area contributed by atoms with Crippen LogP contribution in [0.3, 0.4) is 0 Å². The maximum Gasteiger partial charge on any atom is 0.164 e. The van der Waals surface area contributed by atoms with E-state index < -0.39 is 0 Å². The van der Waals surface area contributed by atoms with Crippen molar-refractivity contribution in [2.24, 2.45) is 0 Å². The van der Waals surface area contributed by atoms with E-state index in [1.807, 2.05) is 38.1 Å². The number of fused-ring (bicyclic) bond motifs is 1. The molecule has 0 bridgehead atoms. The lowest BCUT2D eigenvalue weighted by molar-refractivity contribution is -0.0000126. The molecule has 1 aliphatic heterocycles. The highest BCUT2D eigenvalue weighted by Crippen LogP contribution is 2.33. The van der Waals surface area contributed by atoms with Gasteiger partial charge in [-0.1, -0.05) is 6.92 Å². The monoisotopic (exact) mass is 298 g/mol. The number of aryl methyl sites for hydroxylation is 1. The molecular formula is C15H21ClNO3-. The second-order valence-electron chi connectivity index (χ2n) is 4.98. The number of hydrogen-bond donors (Lipinski definition) is 0. The van der Waals surface area contributed by atoms with Crippen molar-refractivity contribution in [2.75, 3.05) is 33.9 Å². The number of rotatable bonds is 5. The standard InChI is InChI=1S/C15H21NO3.ClH/c1-4-11-9-14-15(19-8-7-18-14)10-12(11)13(17)5-6-16(2)3;/h9-10H,4-8H2,1-3H3;1H/p-1.